The van der Waals surface area contributed by atoms with Crippen LogP contribution in [0.25, 0.3) is 0 Å². The minimum absolute atomic E-state index is 0.246. The molecule has 0 aromatic carbocycles. The molecule has 1 fully saturated rings. The molecule has 1 saturated heterocycles. The lowest BCUT2D eigenvalue weighted by molar-refractivity contribution is -0.141. The number of carboxylic acid groups (broad SMARTS) is 1. The molecule has 2 aliphatic rings. The van der Waals surface area contributed by atoms with Gasteiger partial charge in [-0.15, -0.1) is 0 Å². The molecule has 13 heavy (non-hydrogen) atoms. The SMILES string of the molecule is O=C(O)[C@@H]1CCCN1C1=CCCC1. The summed E-state index contributed by atoms with van der Waals surface area (Å²) in [5.74, 6) is -0.662. The van der Waals surface area contributed by atoms with E-state index in [1.165, 1.54) is 12.1 Å². The lowest BCUT2D eigenvalue weighted by Gasteiger charge is -2.24. The maximum atomic E-state index is 10.9. The Morgan fingerprint density at radius 2 is 2.38 bits per heavy atom. The van der Waals surface area contributed by atoms with Crippen molar-refractivity contribution in [3.63, 3.8) is 0 Å². The van der Waals surface area contributed by atoms with E-state index >= 15 is 0 Å². The molecule has 0 amide bonds. The zero-order valence-electron chi connectivity index (χ0n) is 7.70. The molecule has 0 bridgehead atoms. The second-order valence-corrected chi connectivity index (χ2v) is 3.78. The summed E-state index contributed by atoms with van der Waals surface area (Å²) in [5, 5.41) is 8.98. The van der Waals surface area contributed by atoms with Crippen molar-refractivity contribution in [1.29, 1.82) is 0 Å². The number of nitrogens with zero attached hydrogens (tertiary/aromatic N) is 1. The summed E-state index contributed by atoms with van der Waals surface area (Å²) < 4.78 is 0. The molecular formula is C10H15NO2. The predicted octanol–water partition coefficient (Wildman–Crippen LogP) is 1.60. The standard InChI is InChI=1S/C10H15NO2/c12-10(13)9-6-3-7-11(9)8-4-1-2-5-8/h4,9H,1-3,5-7H2,(H,12,13)/t9-/m0/s1. The Balaban J connectivity index is 2.08. The van der Waals surface area contributed by atoms with Crippen molar-refractivity contribution >= 4 is 5.97 Å². The van der Waals surface area contributed by atoms with Crippen LogP contribution in [0.3, 0.4) is 0 Å². The molecular weight excluding hydrogens is 166 g/mol. The Morgan fingerprint density at radius 1 is 1.54 bits per heavy atom. The van der Waals surface area contributed by atoms with Crippen molar-refractivity contribution in [2.45, 2.75) is 38.1 Å². The van der Waals surface area contributed by atoms with Gasteiger partial charge in [-0.1, -0.05) is 6.08 Å². The normalized spacial score (nSPS) is 27.8. The van der Waals surface area contributed by atoms with Gasteiger partial charge in [-0.3, -0.25) is 0 Å². The van der Waals surface area contributed by atoms with Crippen molar-refractivity contribution in [3.8, 4) is 0 Å². The molecule has 2 rings (SSSR count). The molecule has 1 N–H and O–H groups in total. The summed E-state index contributed by atoms with van der Waals surface area (Å²) in [6, 6.07) is -0.246. The van der Waals surface area contributed by atoms with Crippen LogP contribution in [0.15, 0.2) is 11.8 Å². The second-order valence-electron chi connectivity index (χ2n) is 3.78. The maximum Gasteiger partial charge on any atom is 0.326 e. The van der Waals surface area contributed by atoms with Crippen molar-refractivity contribution in [3.05, 3.63) is 11.8 Å². The maximum absolute atomic E-state index is 10.9. The molecule has 3 nitrogen and oxygen atoms in total. The minimum Gasteiger partial charge on any atom is -0.480 e. The lowest BCUT2D eigenvalue weighted by atomic mass is 10.2. The molecule has 1 aliphatic heterocycles. The fourth-order valence-electron chi connectivity index (χ4n) is 2.28. The van der Waals surface area contributed by atoms with E-state index in [1.54, 1.807) is 0 Å². The van der Waals surface area contributed by atoms with E-state index < -0.39 is 5.97 Å². The van der Waals surface area contributed by atoms with E-state index in [-0.39, 0.29) is 6.04 Å². The van der Waals surface area contributed by atoms with Crippen molar-refractivity contribution < 1.29 is 9.90 Å². The highest BCUT2D eigenvalue weighted by Crippen LogP contribution is 2.29. The van der Waals surface area contributed by atoms with E-state index in [2.05, 4.69) is 11.0 Å². The van der Waals surface area contributed by atoms with Crippen molar-refractivity contribution in [2.75, 3.05) is 6.54 Å². The van der Waals surface area contributed by atoms with Gasteiger partial charge in [-0.25, -0.2) is 4.79 Å². The van der Waals surface area contributed by atoms with Crippen molar-refractivity contribution in [2.24, 2.45) is 0 Å². The highest BCUT2D eigenvalue weighted by molar-refractivity contribution is 5.74. The molecule has 1 aliphatic carbocycles. The molecule has 0 aromatic heterocycles. The summed E-state index contributed by atoms with van der Waals surface area (Å²) >= 11 is 0. The Hall–Kier alpha value is -0.990. The number of allylic oxidation sites excluding steroid dienone is 2. The third-order valence-electron chi connectivity index (χ3n) is 2.92. The van der Waals surface area contributed by atoms with Crippen LogP contribution >= 0.6 is 0 Å². The second kappa shape index (κ2) is 3.40. The number of aliphatic carboxylic acids is 1. The van der Waals surface area contributed by atoms with E-state index in [0.29, 0.717) is 0 Å². The van der Waals surface area contributed by atoms with Crippen LogP contribution in [-0.4, -0.2) is 28.6 Å². The fraction of sp³-hybridized carbons (Fsp3) is 0.700. The van der Waals surface area contributed by atoms with E-state index in [1.807, 2.05) is 0 Å². The summed E-state index contributed by atoms with van der Waals surface area (Å²) in [4.78, 5) is 13.0. The molecule has 72 valence electrons. The summed E-state index contributed by atoms with van der Waals surface area (Å²) in [5.41, 5.74) is 1.27. The quantitative estimate of drug-likeness (QED) is 0.703. The molecule has 0 unspecified atom stereocenters. The van der Waals surface area contributed by atoms with Crippen LogP contribution in [0.1, 0.15) is 32.1 Å². The van der Waals surface area contributed by atoms with Crippen LogP contribution < -0.4 is 0 Å². The first-order chi connectivity index (χ1) is 6.29. The minimum atomic E-state index is -0.662. The number of carbonyl (C=O) groups is 1. The molecule has 0 aromatic rings. The average Bonchev–Trinajstić information content (AvgIpc) is 2.74. The molecule has 1 heterocycles. The van der Waals surface area contributed by atoms with Gasteiger partial charge in [-0.05, 0) is 32.1 Å². The number of hydrogen-bond donors (Lipinski definition) is 1. The largest absolute Gasteiger partial charge is 0.480 e. The Bertz CT molecular complexity index is 247. The monoisotopic (exact) mass is 181 g/mol. The van der Waals surface area contributed by atoms with Crippen molar-refractivity contribution in [1.82, 2.24) is 4.90 Å². The van der Waals surface area contributed by atoms with Gasteiger partial charge in [0.25, 0.3) is 0 Å². The third-order valence-corrected chi connectivity index (χ3v) is 2.92. The van der Waals surface area contributed by atoms with Crippen LogP contribution in [0.2, 0.25) is 0 Å². The molecule has 0 saturated carbocycles. The van der Waals surface area contributed by atoms with Gasteiger partial charge in [0.15, 0.2) is 0 Å². The van der Waals surface area contributed by atoms with Crippen LogP contribution in [-0.2, 0) is 4.79 Å². The Kier molecular flexibility index (Phi) is 2.25. The predicted molar refractivity (Wildman–Crippen MR) is 49.3 cm³/mol. The van der Waals surface area contributed by atoms with E-state index in [0.717, 1.165) is 32.2 Å². The lowest BCUT2D eigenvalue weighted by Crippen LogP contribution is -2.34. The highest BCUT2D eigenvalue weighted by atomic mass is 16.4. The van der Waals surface area contributed by atoms with Gasteiger partial charge in [0, 0.05) is 12.2 Å². The fourth-order valence-corrected chi connectivity index (χ4v) is 2.28. The number of carboxylic acids is 1. The number of likely N-dealkylation sites (tertiary alicyclic amines) is 1. The summed E-state index contributed by atoms with van der Waals surface area (Å²) in [6.45, 7) is 0.933. The smallest absolute Gasteiger partial charge is 0.326 e. The van der Waals surface area contributed by atoms with Gasteiger partial charge >= 0.3 is 5.97 Å². The van der Waals surface area contributed by atoms with Gasteiger partial charge in [0.1, 0.15) is 6.04 Å². The molecule has 1 atom stereocenters. The van der Waals surface area contributed by atoms with Gasteiger partial charge in [-0.2, -0.15) is 0 Å². The average molecular weight is 181 g/mol. The number of hydrogen-bond acceptors (Lipinski definition) is 2. The molecule has 3 heteroatoms. The first kappa shape index (κ1) is 8.60. The summed E-state index contributed by atoms with van der Waals surface area (Å²) in [6.07, 6.45) is 7.42. The Morgan fingerprint density at radius 3 is 3.00 bits per heavy atom. The van der Waals surface area contributed by atoms with Crippen LogP contribution in [0, 0.1) is 0 Å². The van der Waals surface area contributed by atoms with E-state index in [4.69, 9.17) is 5.11 Å². The topological polar surface area (TPSA) is 40.5 Å². The van der Waals surface area contributed by atoms with Crippen LogP contribution in [0.4, 0.5) is 0 Å². The molecule has 0 radical (unpaired) electrons. The van der Waals surface area contributed by atoms with Gasteiger partial charge in [0.2, 0.25) is 0 Å². The van der Waals surface area contributed by atoms with Gasteiger partial charge in [0.05, 0.1) is 0 Å². The Labute approximate surface area is 78.0 Å². The third kappa shape index (κ3) is 1.55. The van der Waals surface area contributed by atoms with Gasteiger partial charge < -0.3 is 10.0 Å². The zero-order chi connectivity index (χ0) is 9.26. The van der Waals surface area contributed by atoms with Crippen LogP contribution in [0.5, 0.6) is 0 Å². The zero-order valence-corrected chi connectivity index (χ0v) is 7.70. The summed E-state index contributed by atoms with van der Waals surface area (Å²) in [7, 11) is 0. The first-order valence-corrected chi connectivity index (χ1v) is 4.97. The van der Waals surface area contributed by atoms with E-state index in [9.17, 15) is 4.79 Å². The highest BCUT2D eigenvalue weighted by Gasteiger charge is 2.32. The molecule has 0 spiro atoms. The first-order valence-electron chi connectivity index (χ1n) is 4.97. The number of rotatable bonds is 2.